The van der Waals surface area contributed by atoms with E-state index in [1.165, 1.54) is 0 Å². The molecule has 7 heteroatoms. The average Bonchev–Trinajstić information content (AvgIpc) is 2.38. The molecule has 0 saturated carbocycles. The van der Waals surface area contributed by atoms with Crippen LogP contribution in [0.25, 0.3) is 0 Å². The van der Waals surface area contributed by atoms with E-state index in [0.717, 1.165) is 10.5 Å². The maximum absolute atomic E-state index is 11.9. The molecule has 3 N–H and O–H groups in total. The summed E-state index contributed by atoms with van der Waals surface area (Å²) in [5, 5.41) is 19.7. The third kappa shape index (κ3) is 5.96. The molecule has 1 aromatic carbocycles. The summed E-state index contributed by atoms with van der Waals surface area (Å²) in [5.74, 6) is -2.66. The van der Waals surface area contributed by atoms with Crippen LogP contribution in [-0.4, -0.2) is 52.6 Å². The lowest BCUT2D eigenvalue weighted by molar-refractivity contribution is -0.144. The Morgan fingerprint density at radius 1 is 1.00 bits per heavy atom. The minimum Gasteiger partial charge on any atom is -0.480 e. The highest BCUT2D eigenvalue weighted by molar-refractivity contribution is 5.83. The van der Waals surface area contributed by atoms with E-state index in [-0.39, 0.29) is 19.6 Å². The third-order valence-corrected chi connectivity index (χ3v) is 2.45. The van der Waals surface area contributed by atoms with E-state index >= 15 is 0 Å². The summed E-state index contributed by atoms with van der Waals surface area (Å²) in [6.45, 7) is -0.826. The van der Waals surface area contributed by atoms with E-state index < -0.39 is 24.4 Å². The van der Waals surface area contributed by atoms with Gasteiger partial charge in [0.05, 0.1) is 13.1 Å². The third-order valence-electron chi connectivity index (χ3n) is 2.45. The standard InChI is InChI=1S/C13H16N2O5/c16-11(6-14-7-12(17)18)15(9-13(19)20)8-10-4-2-1-3-5-10/h1-5,14H,6-9H2,(H,17,18)(H,19,20). The first-order valence-corrected chi connectivity index (χ1v) is 5.95. The first kappa shape index (κ1) is 15.6. The van der Waals surface area contributed by atoms with Gasteiger partial charge in [-0.05, 0) is 5.56 Å². The number of nitrogens with zero attached hydrogens (tertiary/aromatic N) is 1. The Morgan fingerprint density at radius 2 is 1.65 bits per heavy atom. The Balaban J connectivity index is 2.61. The van der Waals surface area contributed by atoms with Gasteiger partial charge in [0.15, 0.2) is 0 Å². The van der Waals surface area contributed by atoms with Crippen molar-refractivity contribution in [3.63, 3.8) is 0 Å². The lowest BCUT2D eigenvalue weighted by atomic mass is 10.2. The molecule has 0 saturated heterocycles. The van der Waals surface area contributed by atoms with Gasteiger partial charge in [0.1, 0.15) is 6.54 Å². The Labute approximate surface area is 115 Å². The van der Waals surface area contributed by atoms with Crippen LogP contribution in [0.2, 0.25) is 0 Å². The fourth-order valence-electron chi connectivity index (χ4n) is 1.59. The molecule has 0 heterocycles. The number of carboxylic acids is 2. The monoisotopic (exact) mass is 280 g/mol. The molecule has 1 aromatic rings. The van der Waals surface area contributed by atoms with Crippen LogP contribution in [0.1, 0.15) is 5.56 Å². The lowest BCUT2D eigenvalue weighted by Crippen LogP contribution is -2.41. The van der Waals surface area contributed by atoms with Crippen molar-refractivity contribution in [3.05, 3.63) is 35.9 Å². The number of aliphatic carboxylic acids is 2. The Kier molecular flexibility index (Phi) is 6.18. The number of hydrogen-bond donors (Lipinski definition) is 3. The van der Waals surface area contributed by atoms with Crippen molar-refractivity contribution in [2.45, 2.75) is 6.54 Å². The molecule has 108 valence electrons. The summed E-state index contributed by atoms with van der Waals surface area (Å²) in [6, 6.07) is 8.98. The number of carbonyl (C=O) groups excluding carboxylic acids is 1. The van der Waals surface area contributed by atoms with Crippen LogP contribution in [0.3, 0.4) is 0 Å². The fraction of sp³-hybridized carbons (Fsp3) is 0.308. The minimum absolute atomic E-state index is 0.167. The van der Waals surface area contributed by atoms with Crippen molar-refractivity contribution in [1.29, 1.82) is 0 Å². The first-order chi connectivity index (χ1) is 9.49. The number of rotatable bonds is 8. The molecule has 20 heavy (non-hydrogen) atoms. The Hall–Kier alpha value is -2.41. The highest BCUT2D eigenvalue weighted by Gasteiger charge is 2.17. The molecule has 0 fully saturated rings. The molecule has 0 radical (unpaired) electrons. The molecule has 0 unspecified atom stereocenters. The summed E-state index contributed by atoms with van der Waals surface area (Å²) in [4.78, 5) is 34.1. The fourth-order valence-corrected chi connectivity index (χ4v) is 1.59. The van der Waals surface area contributed by atoms with Gasteiger partial charge in [-0.3, -0.25) is 19.7 Å². The van der Waals surface area contributed by atoms with Gasteiger partial charge >= 0.3 is 11.9 Å². The zero-order chi connectivity index (χ0) is 15.0. The van der Waals surface area contributed by atoms with Crippen LogP contribution in [0.5, 0.6) is 0 Å². The summed E-state index contributed by atoms with van der Waals surface area (Å²) in [6.07, 6.45) is 0. The average molecular weight is 280 g/mol. The van der Waals surface area contributed by atoms with Crippen molar-refractivity contribution in [1.82, 2.24) is 10.2 Å². The van der Waals surface area contributed by atoms with Crippen molar-refractivity contribution in [3.8, 4) is 0 Å². The number of amides is 1. The molecule has 1 rings (SSSR count). The molecule has 0 aliphatic carbocycles. The second kappa shape index (κ2) is 7.90. The van der Waals surface area contributed by atoms with Crippen LogP contribution in [0, 0.1) is 0 Å². The number of carboxylic acid groups (broad SMARTS) is 2. The highest BCUT2D eigenvalue weighted by Crippen LogP contribution is 2.04. The first-order valence-electron chi connectivity index (χ1n) is 5.95. The second-order valence-corrected chi connectivity index (χ2v) is 4.13. The summed E-state index contributed by atoms with van der Waals surface area (Å²) >= 11 is 0. The smallest absolute Gasteiger partial charge is 0.323 e. The van der Waals surface area contributed by atoms with Crippen LogP contribution in [-0.2, 0) is 20.9 Å². The van der Waals surface area contributed by atoms with Gasteiger partial charge in [-0.1, -0.05) is 30.3 Å². The van der Waals surface area contributed by atoms with E-state index in [1.807, 2.05) is 6.07 Å². The highest BCUT2D eigenvalue weighted by atomic mass is 16.4. The van der Waals surface area contributed by atoms with Gasteiger partial charge in [0.2, 0.25) is 5.91 Å². The van der Waals surface area contributed by atoms with Crippen molar-refractivity contribution in [2.75, 3.05) is 19.6 Å². The number of carbonyl (C=O) groups is 3. The Bertz CT molecular complexity index is 475. The predicted molar refractivity (Wildman–Crippen MR) is 70.0 cm³/mol. The molecular formula is C13H16N2O5. The quantitative estimate of drug-likeness (QED) is 0.607. The Morgan fingerprint density at radius 3 is 2.20 bits per heavy atom. The van der Waals surface area contributed by atoms with E-state index in [1.54, 1.807) is 24.3 Å². The van der Waals surface area contributed by atoms with E-state index in [2.05, 4.69) is 5.32 Å². The molecule has 0 aliphatic rings. The molecule has 0 bridgehead atoms. The van der Waals surface area contributed by atoms with Gasteiger partial charge in [0, 0.05) is 6.54 Å². The summed E-state index contributed by atoms with van der Waals surface area (Å²) < 4.78 is 0. The van der Waals surface area contributed by atoms with Gasteiger partial charge in [-0.15, -0.1) is 0 Å². The summed E-state index contributed by atoms with van der Waals surface area (Å²) in [7, 11) is 0. The normalized spacial score (nSPS) is 10.0. The molecule has 1 amide bonds. The molecule has 0 aromatic heterocycles. The lowest BCUT2D eigenvalue weighted by Gasteiger charge is -2.21. The molecule has 0 atom stereocenters. The van der Waals surface area contributed by atoms with Crippen molar-refractivity contribution in [2.24, 2.45) is 0 Å². The van der Waals surface area contributed by atoms with E-state index in [0.29, 0.717) is 0 Å². The zero-order valence-electron chi connectivity index (χ0n) is 10.8. The summed E-state index contributed by atoms with van der Waals surface area (Å²) in [5.41, 5.74) is 0.806. The SMILES string of the molecule is O=C(O)CNCC(=O)N(CC(=O)O)Cc1ccccc1. The van der Waals surface area contributed by atoms with Crippen molar-refractivity contribution < 1.29 is 24.6 Å². The van der Waals surface area contributed by atoms with Crippen LogP contribution in [0.15, 0.2) is 30.3 Å². The minimum atomic E-state index is -1.12. The number of nitrogens with one attached hydrogen (secondary N) is 1. The van der Waals surface area contributed by atoms with Gasteiger partial charge < -0.3 is 15.1 Å². The number of hydrogen-bond acceptors (Lipinski definition) is 4. The molecular weight excluding hydrogens is 264 g/mol. The number of benzene rings is 1. The predicted octanol–water partition coefficient (Wildman–Crippen LogP) is -0.226. The van der Waals surface area contributed by atoms with Gasteiger partial charge in [-0.2, -0.15) is 0 Å². The maximum Gasteiger partial charge on any atom is 0.323 e. The van der Waals surface area contributed by atoms with Crippen molar-refractivity contribution >= 4 is 17.8 Å². The topological polar surface area (TPSA) is 107 Å². The van der Waals surface area contributed by atoms with Crippen LogP contribution in [0.4, 0.5) is 0 Å². The maximum atomic E-state index is 11.9. The van der Waals surface area contributed by atoms with E-state index in [9.17, 15) is 14.4 Å². The van der Waals surface area contributed by atoms with E-state index in [4.69, 9.17) is 10.2 Å². The molecule has 0 aliphatic heterocycles. The van der Waals surface area contributed by atoms with Gasteiger partial charge in [0.25, 0.3) is 0 Å². The largest absolute Gasteiger partial charge is 0.480 e. The van der Waals surface area contributed by atoms with Gasteiger partial charge in [-0.25, -0.2) is 0 Å². The molecule has 7 nitrogen and oxygen atoms in total. The zero-order valence-corrected chi connectivity index (χ0v) is 10.8. The second-order valence-electron chi connectivity index (χ2n) is 4.13. The molecule has 0 spiro atoms. The van der Waals surface area contributed by atoms with Crippen LogP contribution >= 0.6 is 0 Å². The van der Waals surface area contributed by atoms with Crippen LogP contribution < -0.4 is 5.32 Å².